The Labute approximate surface area is 96.4 Å². The third kappa shape index (κ3) is 3.13. The van der Waals surface area contributed by atoms with Crippen LogP contribution in [0.3, 0.4) is 0 Å². The van der Waals surface area contributed by atoms with Crippen LogP contribution in [0.25, 0.3) is 0 Å². The van der Waals surface area contributed by atoms with E-state index in [4.69, 9.17) is 5.11 Å². The van der Waals surface area contributed by atoms with Crippen molar-refractivity contribution in [2.45, 2.75) is 6.92 Å². The molecule has 0 aliphatic rings. The van der Waals surface area contributed by atoms with E-state index in [1.165, 1.54) is 11.0 Å². The molecule has 1 rings (SSSR count). The summed E-state index contributed by atoms with van der Waals surface area (Å²) in [5.74, 6) is -1.90. The molecule has 0 bridgehead atoms. The fourth-order valence-electron chi connectivity index (χ4n) is 1.40. The highest BCUT2D eigenvalue weighted by atomic mass is 19.1. The second-order valence-corrected chi connectivity index (χ2v) is 3.30. The van der Waals surface area contributed by atoms with Gasteiger partial charge in [-0.3, -0.25) is 14.9 Å². The van der Waals surface area contributed by atoms with Gasteiger partial charge in [-0.1, -0.05) is 0 Å². The second kappa shape index (κ2) is 5.24. The topological polar surface area (TPSA) is 83.7 Å². The third-order valence-electron chi connectivity index (χ3n) is 2.19. The molecular weight excluding hydrogens is 231 g/mol. The summed E-state index contributed by atoms with van der Waals surface area (Å²) in [5.41, 5.74) is -0.321. The number of non-ortho nitro benzene ring substituents is 1. The molecule has 0 saturated heterocycles. The maximum Gasteiger partial charge on any atom is 0.323 e. The molecule has 0 fully saturated rings. The molecule has 0 amide bonds. The summed E-state index contributed by atoms with van der Waals surface area (Å²) in [6, 6.07) is 3.13. The van der Waals surface area contributed by atoms with Crippen LogP contribution in [0.2, 0.25) is 0 Å². The number of hydrogen-bond acceptors (Lipinski definition) is 4. The summed E-state index contributed by atoms with van der Waals surface area (Å²) in [4.78, 5) is 21.5. The molecule has 0 aliphatic carbocycles. The van der Waals surface area contributed by atoms with Gasteiger partial charge in [-0.2, -0.15) is 0 Å². The van der Waals surface area contributed by atoms with E-state index in [1.807, 2.05) is 0 Å². The lowest BCUT2D eigenvalue weighted by atomic mass is 10.2. The van der Waals surface area contributed by atoms with Crippen LogP contribution in [0.5, 0.6) is 0 Å². The molecule has 6 nitrogen and oxygen atoms in total. The van der Waals surface area contributed by atoms with E-state index in [9.17, 15) is 19.3 Å². The molecule has 0 spiro atoms. The Kier molecular flexibility index (Phi) is 3.97. The van der Waals surface area contributed by atoms with Gasteiger partial charge in [0.05, 0.1) is 16.7 Å². The summed E-state index contributed by atoms with van der Waals surface area (Å²) >= 11 is 0. The normalized spacial score (nSPS) is 10.0. The highest BCUT2D eigenvalue weighted by Gasteiger charge is 2.16. The molecule has 0 aliphatic heterocycles. The minimum atomic E-state index is -1.09. The number of nitrogens with zero attached hydrogens (tertiary/aromatic N) is 2. The lowest BCUT2D eigenvalue weighted by Gasteiger charge is -2.20. The number of nitro groups is 1. The predicted octanol–water partition coefficient (Wildman–Crippen LogP) is 1.64. The van der Waals surface area contributed by atoms with Crippen LogP contribution in [0, 0.1) is 15.9 Å². The van der Waals surface area contributed by atoms with Crippen LogP contribution in [0.15, 0.2) is 18.2 Å². The van der Waals surface area contributed by atoms with Crippen molar-refractivity contribution in [2.75, 3.05) is 18.0 Å². The first-order valence-electron chi connectivity index (χ1n) is 4.86. The molecule has 0 heterocycles. The number of benzene rings is 1. The summed E-state index contributed by atoms with van der Waals surface area (Å²) in [6.07, 6.45) is 0. The molecule has 1 aromatic carbocycles. The van der Waals surface area contributed by atoms with Crippen LogP contribution in [0.4, 0.5) is 15.8 Å². The number of halogens is 1. The Morgan fingerprint density at radius 2 is 2.24 bits per heavy atom. The van der Waals surface area contributed by atoms with Crippen molar-refractivity contribution < 1.29 is 19.2 Å². The molecule has 17 heavy (non-hydrogen) atoms. The van der Waals surface area contributed by atoms with Crippen LogP contribution >= 0.6 is 0 Å². The Balaban J connectivity index is 3.04. The second-order valence-electron chi connectivity index (χ2n) is 3.30. The van der Waals surface area contributed by atoms with Crippen molar-refractivity contribution in [1.82, 2.24) is 0 Å². The van der Waals surface area contributed by atoms with Gasteiger partial charge in [0.15, 0.2) is 5.82 Å². The van der Waals surface area contributed by atoms with Gasteiger partial charge >= 0.3 is 5.97 Å². The quantitative estimate of drug-likeness (QED) is 0.626. The zero-order chi connectivity index (χ0) is 13.0. The molecular formula is C10H11FN2O4. The van der Waals surface area contributed by atoms with E-state index in [0.717, 1.165) is 12.1 Å². The Hall–Kier alpha value is -2.18. The number of carboxylic acid groups (broad SMARTS) is 1. The predicted molar refractivity (Wildman–Crippen MR) is 58.6 cm³/mol. The molecule has 7 heteroatoms. The highest BCUT2D eigenvalue weighted by molar-refractivity contribution is 5.74. The van der Waals surface area contributed by atoms with Crippen molar-refractivity contribution in [1.29, 1.82) is 0 Å². The molecule has 1 aromatic rings. The van der Waals surface area contributed by atoms with Gasteiger partial charge in [-0.25, -0.2) is 4.39 Å². The van der Waals surface area contributed by atoms with E-state index in [0.29, 0.717) is 6.54 Å². The van der Waals surface area contributed by atoms with Crippen LogP contribution < -0.4 is 4.90 Å². The average Bonchev–Trinajstić information content (AvgIpc) is 2.25. The van der Waals surface area contributed by atoms with Crippen LogP contribution in [0.1, 0.15) is 6.92 Å². The smallest absolute Gasteiger partial charge is 0.323 e. The van der Waals surface area contributed by atoms with E-state index in [1.54, 1.807) is 6.92 Å². The van der Waals surface area contributed by atoms with Crippen molar-refractivity contribution >= 4 is 17.3 Å². The number of hydrogen-bond donors (Lipinski definition) is 1. The van der Waals surface area contributed by atoms with E-state index < -0.39 is 16.7 Å². The number of rotatable bonds is 5. The first kappa shape index (κ1) is 12.9. The van der Waals surface area contributed by atoms with Gasteiger partial charge in [-0.05, 0) is 13.0 Å². The highest BCUT2D eigenvalue weighted by Crippen LogP contribution is 2.23. The Bertz CT molecular complexity index is 450. The van der Waals surface area contributed by atoms with Crippen molar-refractivity contribution in [3.63, 3.8) is 0 Å². The number of carboxylic acids is 1. The first-order valence-corrected chi connectivity index (χ1v) is 4.86. The third-order valence-corrected chi connectivity index (χ3v) is 2.19. The average molecular weight is 242 g/mol. The molecule has 0 atom stereocenters. The molecule has 0 saturated carbocycles. The summed E-state index contributed by atoms with van der Waals surface area (Å²) in [6.45, 7) is 1.61. The Morgan fingerprint density at radius 3 is 2.65 bits per heavy atom. The standard InChI is InChI=1S/C10H11FN2O4/c1-2-12(6-10(14)15)9-4-3-7(13(16)17)5-8(9)11/h3-5H,2,6H2,1H3,(H,14,15). The van der Waals surface area contributed by atoms with Gasteiger partial charge < -0.3 is 10.0 Å². The monoisotopic (exact) mass is 242 g/mol. The van der Waals surface area contributed by atoms with Gasteiger partial charge in [-0.15, -0.1) is 0 Å². The van der Waals surface area contributed by atoms with Crippen LogP contribution in [-0.2, 0) is 4.79 Å². The van der Waals surface area contributed by atoms with Gasteiger partial charge in [0.25, 0.3) is 5.69 Å². The zero-order valence-corrected chi connectivity index (χ0v) is 9.09. The summed E-state index contributed by atoms with van der Waals surface area (Å²) in [5, 5.41) is 19.1. The lowest BCUT2D eigenvalue weighted by Crippen LogP contribution is -2.30. The molecule has 1 N–H and O–H groups in total. The molecule has 0 aromatic heterocycles. The Morgan fingerprint density at radius 1 is 1.59 bits per heavy atom. The number of carbonyl (C=O) groups is 1. The molecule has 92 valence electrons. The van der Waals surface area contributed by atoms with E-state index >= 15 is 0 Å². The zero-order valence-electron chi connectivity index (χ0n) is 9.09. The fraction of sp³-hybridized carbons (Fsp3) is 0.300. The number of aliphatic carboxylic acids is 1. The van der Waals surface area contributed by atoms with Crippen LogP contribution in [-0.4, -0.2) is 29.1 Å². The van der Waals surface area contributed by atoms with E-state index in [2.05, 4.69) is 0 Å². The maximum absolute atomic E-state index is 13.6. The van der Waals surface area contributed by atoms with Gasteiger partial charge in [0.1, 0.15) is 6.54 Å². The SMILES string of the molecule is CCN(CC(=O)O)c1ccc([N+](=O)[O-])cc1F. The van der Waals surface area contributed by atoms with E-state index in [-0.39, 0.29) is 17.9 Å². The largest absolute Gasteiger partial charge is 0.480 e. The molecule has 0 unspecified atom stereocenters. The summed E-state index contributed by atoms with van der Waals surface area (Å²) in [7, 11) is 0. The van der Waals surface area contributed by atoms with Gasteiger partial charge in [0.2, 0.25) is 0 Å². The maximum atomic E-state index is 13.6. The first-order chi connectivity index (χ1) is 7.95. The van der Waals surface area contributed by atoms with Gasteiger partial charge in [0, 0.05) is 12.6 Å². The van der Waals surface area contributed by atoms with Crippen molar-refractivity contribution in [3.8, 4) is 0 Å². The number of anilines is 1. The number of nitro benzene ring substituents is 1. The minimum absolute atomic E-state index is 0.0421. The van der Waals surface area contributed by atoms with Crippen molar-refractivity contribution in [2.24, 2.45) is 0 Å². The summed E-state index contributed by atoms with van der Waals surface area (Å²) < 4.78 is 13.6. The minimum Gasteiger partial charge on any atom is -0.480 e. The van der Waals surface area contributed by atoms with Crippen molar-refractivity contribution in [3.05, 3.63) is 34.1 Å². The fourth-order valence-corrected chi connectivity index (χ4v) is 1.40. The molecule has 0 radical (unpaired) electrons. The lowest BCUT2D eigenvalue weighted by molar-refractivity contribution is -0.385. The number of likely N-dealkylation sites (N-methyl/N-ethyl adjacent to an activating group) is 1.